The number of halogens is 1. The largest absolute Gasteiger partial charge is 0.389 e. The number of nitrogens with zero attached hydrogens (tertiary/aromatic N) is 3. The van der Waals surface area contributed by atoms with E-state index in [1.54, 1.807) is 23.9 Å². The molecule has 5 heteroatoms. The maximum atomic E-state index is 13.3. The molecule has 1 heterocycles. The fourth-order valence-corrected chi connectivity index (χ4v) is 2.12. The third-order valence-electron chi connectivity index (χ3n) is 3.03. The summed E-state index contributed by atoms with van der Waals surface area (Å²) in [6.45, 7) is 2.29. The molecular weight excluding hydrogens is 245 g/mol. The lowest BCUT2D eigenvalue weighted by atomic mass is 10.1. The predicted molar refractivity (Wildman–Crippen MR) is 72.3 cm³/mol. The molecule has 1 N–H and O–H groups in total. The lowest BCUT2D eigenvalue weighted by molar-refractivity contribution is 0.199. The van der Waals surface area contributed by atoms with E-state index in [1.165, 1.54) is 12.1 Å². The first-order valence-electron chi connectivity index (χ1n) is 6.13. The summed E-state index contributed by atoms with van der Waals surface area (Å²) in [5.74, 6) is -0.338. The van der Waals surface area contributed by atoms with Crippen LogP contribution in [0.4, 0.5) is 10.1 Å². The molecule has 2 aromatic rings. The molecular formula is C14H18FN3O. The smallest absolute Gasteiger partial charge is 0.123 e. The Hall–Kier alpha value is -1.88. The van der Waals surface area contributed by atoms with Crippen LogP contribution in [0.15, 0.2) is 30.6 Å². The Morgan fingerprint density at radius 2 is 2.21 bits per heavy atom. The fraction of sp³-hybridized carbons (Fsp3) is 0.357. The lowest BCUT2D eigenvalue weighted by Crippen LogP contribution is -2.18. The van der Waals surface area contributed by atoms with Gasteiger partial charge in [-0.3, -0.25) is 4.68 Å². The van der Waals surface area contributed by atoms with Crippen molar-refractivity contribution in [3.05, 3.63) is 47.5 Å². The zero-order valence-corrected chi connectivity index (χ0v) is 11.3. The molecule has 2 rings (SSSR count). The monoisotopic (exact) mass is 263 g/mol. The van der Waals surface area contributed by atoms with Crippen molar-refractivity contribution in [3.63, 3.8) is 0 Å². The van der Waals surface area contributed by atoms with Gasteiger partial charge in [-0.2, -0.15) is 5.10 Å². The molecule has 0 aliphatic rings. The maximum Gasteiger partial charge on any atom is 0.123 e. The Balaban J connectivity index is 2.25. The average Bonchev–Trinajstić information content (AvgIpc) is 2.74. The van der Waals surface area contributed by atoms with E-state index in [1.807, 2.05) is 25.2 Å². The second-order valence-electron chi connectivity index (χ2n) is 4.76. The Morgan fingerprint density at radius 3 is 2.79 bits per heavy atom. The number of benzene rings is 1. The van der Waals surface area contributed by atoms with Gasteiger partial charge in [0.2, 0.25) is 0 Å². The van der Waals surface area contributed by atoms with Crippen LogP contribution < -0.4 is 4.90 Å². The van der Waals surface area contributed by atoms with Crippen molar-refractivity contribution in [2.45, 2.75) is 19.6 Å². The minimum atomic E-state index is -0.706. The van der Waals surface area contributed by atoms with Gasteiger partial charge in [0.25, 0.3) is 0 Å². The second-order valence-corrected chi connectivity index (χ2v) is 4.76. The molecule has 0 radical (unpaired) electrons. The number of aryl methyl sites for hydroxylation is 1. The number of aliphatic hydroxyl groups excluding tert-OH is 1. The molecule has 1 aromatic heterocycles. The van der Waals surface area contributed by atoms with E-state index in [0.29, 0.717) is 12.1 Å². The van der Waals surface area contributed by atoms with Crippen molar-refractivity contribution in [1.29, 1.82) is 0 Å². The number of hydrogen-bond acceptors (Lipinski definition) is 3. The molecule has 4 nitrogen and oxygen atoms in total. The van der Waals surface area contributed by atoms with Crippen LogP contribution in [0, 0.1) is 5.82 Å². The topological polar surface area (TPSA) is 41.3 Å². The van der Waals surface area contributed by atoms with Gasteiger partial charge in [-0.15, -0.1) is 0 Å². The summed E-state index contributed by atoms with van der Waals surface area (Å²) < 4.78 is 15.0. The standard InChI is InChI=1S/C14H18FN3O/c1-10(19)13-6-12(15)4-5-14(13)17(2)8-11-7-16-18(3)9-11/h4-7,9-10,19H,8H2,1-3H3/t10-/m0/s1. The Bertz CT molecular complexity index is 566. The lowest BCUT2D eigenvalue weighted by Gasteiger charge is -2.23. The number of rotatable bonds is 4. The molecule has 0 saturated carbocycles. The van der Waals surface area contributed by atoms with E-state index in [4.69, 9.17) is 0 Å². The molecule has 102 valence electrons. The molecule has 0 aliphatic carbocycles. The van der Waals surface area contributed by atoms with E-state index in [9.17, 15) is 9.50 Å². The van der Waals surface area contributed by atoms with Crippen molar-refractivity contribution in [2.75, 3.05) is 11.9 Å². The molecule has 0 spiro atoms. The van der Waals surface area contributed by atoms with Gasteiger partial charge in [0, 0.05) is 43.7 Å². The van der Waals surface area contributed by atoms with Gasteiger partial charge in [0.1, 0.15) is 5.82 Å². The number of hydrogen-bond donors (Lipinski definition) is 1. The normalized spacial score (nSPS) is 12.5. The summed E-state index contributed by atoms with van der Waals surface area (Å²) in [5, 5.41) is 13.9. The molecule has 1 aromatic carbocycles. The highest BCUT2D eigenvalue weighted by atomic mass is 19.1. The molecule has 0 amide bonds. The van der Waals surface area contributed by atoms with Gasteiger partial charge in [0.05, 0.1) is 12.3 Å². The SMILES string of the molecule is C[C@H](O)c1cc(F)ccc1N(C)Cc1cnn(C)c1. The predicted octanol–water partition coefficient (Wildman–Crippen LogP) is 2.25. The molecule has 19 heavy (non-hydrogen) atoms. The van der Waals surface area contributed by atoms with E-state index < -0.39 is 6.10 Å². The number of aromatic nitrogens is 2. The average molecular weight is 263 g/mol. The van der Waals surface area contributed by atoms with Gasteiger partial charge >= 0.3 is 0 Å². The Labute approximate surface area is 112 Å². The van der Waals surface area contributed by atoms with E-state index >= 15 is 0 Å². The molecule has 0 aliphatic heterocycles. The van der Waals surface area contributed by atoms with Crippen LogP contribution in [0.25, 0.3) is 0 Å². The van der Waals surface area contributed by atoms with Crippen molar-refractivity contribution in [1.82, 2.24) is 9.78 Å². The minimum Gasteiger partial charge on any atom is -0.389 e. The van der Waals surface area contributed by atoms with Crippen LogP contribution in [0.5, 0.6) is 0 Å². The molecule has 0 unspecified atom stereocenters. The first kappa shape index (κ1) is 13.5. The van der Waals surface area contributed by atoms with Crippen LogP contribution in [-0.2, 0) is 13.6 Å². The van der Waals surface area contributed by atoms with Gasteiger partial charge < -0.3 is 10.0 Å². The molecule has 1 atom stereocenters. The van der Waals surface area contributed by atoms with Crippen molar-refractivity contribution >= 4 is 5.69 Å². The molecule has 0 bridgehead atoms. The fourth-order valence-electron chi connectivity index (χ4n) is 2.12. The molecule has 0 saturated heterocycles. The third kappa shape index (κ3) is 3.12. The number of anilines is 1. The highest BCUT2D eigenvalue weighted by molar-refractivity contribution is 5.54. The van der Waals surface area contributed by atoms with Crippen LogP contribution in [0.2, 0.25) is 0 Å². The van der Waals surface area contributed by atoms with Crippen LogP contribution in [0.3, 0.4) is 0 Å². The summed E-state index contributed by atoms with van der Waals surface area (Å²) >= 11 is 0. The Morgan fingerprint density at radius 1 is 1.47 bits per heavy atom. The summed E-state index contributed by atoms with van der Waals surface area (Å²) in [6.07, 6.45) is 3.02. The summed E-state index contributed by atoms with van der Waals surface area (Å²) in [5.41, 5.74) is 2.47. The zero-order valence-electron chi connectivity index (χ0n) is 11.3. The second kappa shape index (κ2) is 5.40. The first-order chi connectivity index (χ1) is 8.97. The van der Waals surface area contributed by atoms with Gasteiger partial charge in [0.15, 0.2) is 0 Å². The van der Waals surface area contributed by atoms with Crippen LogP contribution in [-0.4, -0.2) is 21.9 Å². The van der Waals surface area contributed by atoms with E-state index in [0.717, 1.165) is 11.3 Å². The maximum absolute atomic E-state index is 13.3. The highest BCUT2D eigenvalue weighted by Gasteiger charge is 2.13. The summed E-state index contributed by atoms with van der Waals surface area (Å²) in [7, 11) is 3.77. The first-order valence-corrected chi connectivity index (χ1v) is 6.13. The van der Waals surface area contributed by atoms with Crippen molar-refractivity contribution < 1.29 is 9.50 Å². The zero-order chi connectivity index (χ0) is 14.0. The van der Waals surface area contributed by atoms with Gasteiger partial charge in [-0.1, -0.05) is 0 Å². The van der Waals surface area contributed by atoms with Crippen molar-refractivity contribution in [3.8, 4) is 0 Å². The number of aliphatic hydroxyl groups is 1. The summed E-state index contributed by atoms with van der Waals surface area (Å²) in [4.78, 5) is 1.97. The highest BCUT2D eigenvalue weighted by Crippen LogP contribution is 2.27. The quantitative estimate of drug-likeness (QED) is 0.920. The minimum absolute atomic E-state index is 0.338. The van der Waals surface area contributed by atoms with E-state index in [-0.39, 0.29) is 5.82 Å². The Kier molecular flexibility index (Phi) is 3.85. The van der Waals surface area contributed by atoms with Crippen LogP contribution >= 0.6 is 0 Å². The molecule has 0 fully saturated rings. The van der Waals surface area contributed by atoms with Crippen LogP contribution in [0.1, 0.15) is 24.2 Å². The van der Waals surface area contributed by atoms with Gasteiger partial charge in [-0.25, -0.2) is 4.39 Å². The van der Waals surface area contributed by atoms with Crippen molar-refractivity contribution in [2.24, 2.45) is 7.05 Å². The van der Waals surface area contributed by atoms with E-state index in [2.05, 4.69) is 5.10 Å². The van der Waals surface area contributed by atoms with Gasteiger partial charge in [-0.05, 0) is 25.1 Å². The third-order valence-corrected chi connectivity index (χ3v) is 3.03. The summed E-state index contributed by atoms with van der Waals surface area (Å²) in [6, 6.07) is 4.47.